The summed E-state index contributed by atoms with van der Waals surface area (Å²) in [6.07, 6.45) is 4.50. The number of nitrogens with one attached hydrogen (secondary N) is 1. The van der Waals surface area contributed by atoms with Crippen LogP contribution in [0.3, 0.4) is 0 Å². The number of aryl methyl sites for hydroxylation is 2. The number of rotatable bonds is 6. The molecule has 3 aromatic heterocycles. The van der Waals surface area contributed by atoms with Gasteiger partial charge in [-0.15, -0.1) is 0 Å². The first-order chi connectivity index (χ1) is 11.2. The van der Waals surface area contributed by atoms with Gasteiger partial charge in [-0.25, -0.2) is 0 Å². The van der Waals surface area contributed by atoms with Crippen LogP contribution in [0.2, 0.25) is 0 Å². The van der Waals surface area contributed by atoms with E-state index in [0.717, 1.165) is 35.0 Å². The van der Waals surface area contributed by atoms with E-state index in [4.69, 9.17) is 13.7 Å². The highest BCUT2D eigenvalue weighted by molar-refractivity contribution is 5.35. The van der Waals surface area contributed by atoms with Crippen molar-refractivity contribution in [1.82, 2.24) is 14.9 Å². The Labute approximate surface area is 133 Å². The van der Waals surface area contributed by atoms with Gasteiger partial charge in [0.1, 0.15) is 23.4 Å². The average Bonchev–Trinajstić information content (AvgIpc) is 2.92. The van der Waals surface area contributed by atoms with Crippen molar-refractivity contribution >= 4 is 5.82 Å². The van der Waals surface area contributed by atoms with Gasteiger partial charge in [0.05, 0.1) is 18.5 Å². The molecule has 0 amide bonds. The van der Waals surface area contributed by atoms with Crippen LogP contribution >= 0.6 is 0 Å². The third kappa shape index (κ3) is 3.00. The van der Waals surface area contributed by atoms with E-state index >= 15 is 0 Å². The van der Waals surface area contributed by atoms with Crippen LogP contribution in [0, 0.1) is 13.8 Å². The molecular weight excluding hydrogens is 296 g/mol. The predicted molar refractivity (Wildman–Crippen MR) is 82.0 cm³/mol. The highest BCUT2D eigenvalue weighted by Gasteiger charge is 2.39. The van der Waals surface area contributed by atoms with E-state index in [1.807, 2.05) is 42.9 Å². The largest absolute Gasteiger partial charge is 0.469 e. The lowest BCUT2D eigenvalue weighted by atomic mass is 10.2. The maximum absolute atomic E-state index is 5.60. The van der Waals surface area contributed by atoms with Gasteiger partial charge in [0.25, 0.3) is 0 Å². The standard InChI is InChI=1S/C16H18N4O3/c1-10-13(11(2)23-19-10)9-20-6-5-15(18-20)17-16-14(22-16)8-12-4-3-7-21-12/h3-7,14,16H,8-9H2,1-2H3,(H,17,18). The van der Waals surface area contributed by atoms with E-state index in [9.17, 15) is 0 Å². The second-order valence-electron chi connectivity index (χ2n) is 5.72. The number of anilines is 1. The highest BCUT2D eigenvalue weighted by Crippen LogP contribution is 2.27. The molecule has 0 bridgehead atoms. The van der Waals surface area contributed by atoms with Crippen molar-refractivity contribution in [2.24, 2.45) is 0 Å². The van der Waals surface area contributed by atoms with Crippen LogP contribution in [0.15, 0.2) is 39.6 Å². The molecular formula is C16H18N4O3. The molecule has 1 aliphatic heterocycles. The van der Waals surface area contributed by atoms with Gasteiger partial charge in [-0.1, -0.05) is 5.16 Å². The fourth-order valence-electron chi connectivity index (χ4n) is 2.61. The first-order valence-corrected chi connectivity index (χ1v) is 7.58. The average molecular weight is 314 g/mol. The molecule has 3 aromatic rings. The molecule has 4 heterocycles. The molecule has 120 valence electrons. The monoisotopic (exact) mass is 314 g/mol. The molecule has 0 aromatic carbocycles. The van der Waals surface area contributed by atoms with Gasteiger partial charge in [-0.05, 0) is 26.0 Å². The van der Waals surface area contributed by atoms with Gasteiger partial charge in [-0.3, -0.25) is 4.68 Å². The molecule has 1 aliphatic rings. The van der Waals surface area contributed by atoms with Gasteiger partial charge >= 0.3 is 0 Å². The molecule has 2 unspecified atom stereocenters. The number of hydrogen-bond acceptors (Lipinski definition) is 6. The lowest BCUT2D eigenvalue weighted by Gasteiger charge is -2.01. The fourth-order valence-corrected chi connectivity index (χ4v) is 2.61. The van der Waals surface area contributed by atoms with E-state index in [0.29, 0.717) is 6.54 Å². The SMILES string of the molecule is Cc1noc(C)c1Cn1ccc(NC2OC2Cc2ccco2)n1. The fraction of sp³-hybridized carbons (Fsp3) is 0.375. The molecule has 0 spiro atoms. The summed E-state index contributed by atoms with van der Waals surface area (Å²) in [6.45, 7) is 4.49. The summed E-state index contributed by atoms with van der Waals surface area (Å²) in [5.74, 6) is 2.56. The molecule has 0 radical (unpaired) electrons. The van der Waals surface area contributed by atoms with Crippen LogP contribution in [0.1, 0.15) is 22.8 Å². The molecule has 7 nitrogen and oxygen atoms in total. The predicted octanol–water partition coefficient (Wildman–Crippen LogP) is 2.51. The van der Waals surface area contributed by atoms with Crippen LogP contribution < -0.4 is 5.32 Å². The number of furan rings is 1. The van der Waals surface area contributed by atoms with Gasteiger partial charge in [0.2, 0.25) is 0 Å². The molecule has 2 atom stereocenters. The number of hydrogen-bond donors (Lipinski definition) is 1. The summed E-state index contributed by atoms with van der Waals surface area (Å²) >= 11 is 0. The first kappa shape index (κ1) is 14.1. The zero-order chi connectivity index (χ0) is 15.8. The summed E-state index contributed by atoms with van der Waals surface area (Å²) in [5.41, 5.74) is 1.97. The van der Waals surface area contributed by atoms with Crippen LogP contribution in [-0.2, 0) is 17.7 Å². The van der Waals surface area contributed by atoms with Crippen LogP contribution in [0.4, 0.5) is 5.82 Å². The number of aromatic nitrogens is 3. The molecule has 1 saturated heterocycles. The van der Waals surface area contributed by atoms with E-state index < -0.39 is 0 Å². The summed E-state index contributed by atoms with van der Waals surface area (Å²) in [6, 6.07) is 5.78. The minimum absolute atomic E-state index is 0.0116. The Hall–Kier alpha value is -2.54. The van der Waals surface area contributed by atoms with Crippen molar-refractivity contribution in [2.75, 3.05) is 5.32 Å². The van der Waals surface area contributed by atoms with Crippen molar-refractivity contribution in [2.45, 2.75) is 39.1 Å². The van der Waals surface area contributed by atoms with Crippen LogP contribution in [0.5, 0.6) is 0 Å². The molecule has 0 saturated carbocycles. The van der Waals surface area contributed by atoms with E-state index in [-0.39, 0.29) is 12.3 Å². The first-order valence-electron chi connectivity index (χ1n) is 7.58. The second kappa shape index (κ2) is 5.58. The Morgan fingerprint density at radius 1 is 1.30 bits per heavy atom. The molecule has 4 rings (SSSR count). The summed E-state index contributed by atoms with van der Waals surface area (Å²) in [5, 5.41) is 11.7. The Kier molecular flexibility index (Phi) is 3.42. The molecule has 1 fully saturated rings. The third-order valence-electron chi connectivity index (χ3n) is 4.00. The van der Waals surface area contributed by atoms with Crippen molar-refractivity contribution in [3.05, 3.63) is 53.4 Å². The van der Waals surface area contributed by atoms with Gasteiger partial charge < -0.3 is 19.0 Å². The Morgan fingerprint density at radius 3 is 2.96 bits per heavy atom. The number of epoxide rings is 1. The van der Waals surface area contributed by atoms with Crippen molar-refractivity contribution in [3.8, 4) is 0 Å². The number of nitrogens with zero attached hydrogens (tertiary/aromatic N) is 3. The van der Waals surface area contributed by atoms with E-state index in [1.165, 1.54) is 0 Å². The normalized spacial score (nSPS) is 19.9. The molecule has 0 aliphatic carbocycles. The number of ether oxygens (including phenoxy) is 1. The quantitative estimate of drug-likeness (QED) is 0.704. The van der Waals surface area contributed by atoms with Gasteiger partial charge in [-0.2, -0.15) is 5.10 Å². The lowest BCUT2D eigenvalue weighted by molar-refractivity contribution is 0.368. The van der Waals surface area contributed by atoms with Crippen molar-refractivity contribution < 1.29 is 13.7 Å². The van der Waals surface area contributed by atoms with Crippen molar-refractivity contribution in [3.63, 3.8) is 0 Å². The zero-order valence-corrected chi connectivity index (χ0v) is 13.0. The van der Waals surface area contributed by atoms with Gasteiger partial charge in [0.15, 0.2) is 6.23 Å². The third-order valence-corrected chi connectivity index (χ3v) is 4.00. The Morgan fingerprint density at radius 2 is 2.22 bits per heavy atom. The minimum atomic E-state index is -0.0116. The highest BCUT2D eigenvalue weighted by atomic mass is 16.6. The molecule has 1 N–H and O–H groups in total. The summed E-state index contributed by atoms with van der Waals surface area (Å²) in [4.78, 5) is 0. The Balaban J connectivity index is 1.34. The lowest BCUT2D eigenvalue weighted by Crippen LogP contribution is -2.10. The Bertz CT molecular complexity index is 771. The van der Waals surface area contributed by atoms with E-state index in [2.05, 4.69) is 15.6 Å². The van der Waals surface area contributed by atoms with Gasteiger partial charge in [0, 0.05) is 24.2 Å². The van der Waals surface area contributed by atoms with Crippen LogP contribution in [0.25, 0.3) is 0 Å². The van der Waals surface area contributed by atoms with E-state index in [1.54, 1.807) is 6.26 Å². The van der Waals surface area contributed by atoms with Crippen LogP contribution in [-0.4, -0.2) is 27.3 Å². The maximum Gasteiger partial charge on any atom is 0.156 e. The maximum atomic E-state index is 5.60. The topological polar surface area (TPSA) is 81.5 Å². The zero-order valence-electron chi connectivity index (χ0n) is 13.0. The molecule has 7 heteroatoms. The second-order valence-corrected chi connectivity index (χ2v) is 5.72. The summed E-state index contributed by atoms with van der Waals surface area (Å²) < 4.78 is 18.0. The minimum Gasteiger partial charge on any atom is -0.469 e. The smallest absolute Gasteiger partial charge is 0.156 e. The summed E-state index contributed by atoms with van der Waals surface area (Å²) in [7, 11) is 0. The molecule has 23 heavy (non-hydrogen) atoms. The van der Waals surface area contributed by atoms with Crippen molar-refractivity contribution in [1.29, 1.82) is 0 Å².